The molecule has 21 heavy (non-hydrogen) atoms. The van der Waals surface area contributed by atoms with Crippen LogP contribution in [0.5, 0.6) is 0 Å². The van der Waals surface area contributed by atoms with Gasteiger partial charge < -0.3 is 10.0 Å². The molecule has 0 atom stereocenters. The molecule has 0 aromatic heterocycles. The van der Waals surface area contributed by atoms with Crippen molar-refractivity contribution in [2.45, 2.75) is 17.7 Å². The van der Waals surface area contributed by atoms with Gasteiger partial charge in [0.2, 0.25) is 5.91 Å². The van der Waals surface area contributed by atoms with Gasteiger partial charge in [-0.1, -0.05) is 0 Å². The Balaban J connectivity index is 2.25. The molecule has 0 bridgehead atoms. The molecule has 1 aliphatic rings. The fourth-order valence-electron chi connectivity index (χ4n) is 2.17. The fraction of sp³-hybridized carbons (Fsp3) is 0.385. The summed E-state index contributed by atoms with van der Waals surface area (Å²) < 4.78 is 24.8. The zero-order valence-electron chi connectivity index (χ0n) is 11.1. The molecular weight excluding hydrogens is 362 g/mol. The topological polar surface area (TPSA) is 91.7 Å². The molecule has 1 aromatic rings. The maximum absolute atomic E-state index is 12.2. The largest absolute Gasteiger partial charge is 0.478 e. The summed E-state index contributed by atoms with van der Waals surface area (Å²) in [5.74, 6) is -2.30. The Morgan fingerprint density at radius 3 is 2.43 bits per heavy atom. The molecular formula is C13H14BrNO5S. The van der Waals surface area contributed by atoms with E-state index < -0.39 is 27.5 Å². The Bertz CT molecular complexity index is 680. The number of sulfone groups is 1. The van der Waals surface area contributed by atoms with E-state index in [1.54, 1.807) is 0 Å². The van der Waals surface area contributed by atoms with Crippen molar-refractivity contribution in [3.8, 4) is 0 Å². The van der Waals surface area contributed by atoms with Crippen LogP contribution in [0.1, 0.15) is 23.2 Å². The zero-order chi connectivity index (χ0) is 15.6. The first-order valence-electron chi connectivity index (χ1n) is 6.34. The molecule has 1 aromatic carbocycles. The minimum Gasteiger partial charge on any atom is -0.478 e. The second-order valence-electron chi connectivity index (χ2n) is 4.79. The molecule has 0 saturated carbocycles. The number of aromatic carboxylic acids is 1. The lowest BCUT2D eigenvalue weighted by Crippen LogP contribution is -2.33. The lowest BCUT2D eigenvalue weighted by atomic mass is 10.2. The molecule has 0 unspecified atom stereocenters. The Morgan fingerprint density at radius 1 is 1.24 bits per heavy atom. The molecule has 2 rings (SSSR count). The third-order valence-corrected chi connectivity index (χ3v) is 5.59. The van der Waals surface area contributed by atoms with E-state index in [4.69, 9.17) is 5.11 Å². The van der Waals surface area contributed by atoms with Gasteiger partial charge in [-0.05, 0) is 47.0 Å². The summed E-state index contributed by atoms with van der Waals surface area (Å²) in [4.78, 5) is 24.3. The Hall–Kier alpha value is -1.41. The molecule has 0 spiro atoms. The highest BCUT2D eigenvalue weighted by Crippen LogP contribution is 2.22. The Morgan fingerprint density at radius 2 is 1.86 bits per heavy atom. The summed E-state index contributed by atoms with van der Waals surface area (Å²) in [6.07, 6.45) is 1.76. The Kier molecular flexibility index (Phi) is 4.67. The Labute approximate surface area is 130 Å². The van der Waals surface area contributed by atoms with E-state index in [0.717, 1.165) is 18.9 Å². The molecule has 8 heteroatoms. The van der Waals surface area contributed by atoms with Gasteiger partial charge >= 0.3 is 5.97 Å². The molecule has 114 valence electrons. The monoisotopic (exact) mass is 375 g/mol. The highest BCUT2D eigenvalue weighted by Gasteiger charge is 2.26. The van der Waals surface area contributed by atoms with Gasteiger partial charge in [0.15, 0.2) is 9.84 Å². The van der Waals surface area contributed by atoms with E-state index in [1.165, 1.54) is 17.0 Å². The number of benzene rings is 1. The van der Waals surface area contributed by atoms with Crippen molar-refractivity contribution in [3.63, 3.8) is 0 Å². The molecule has 0 radical (unpaired) electrons. The average Bonchev–Trinajstić information content (AvgIpc) is 2.92. The molecule has 1 amide bonds. The third kappa shape index (κ3) is 3.62. The maximum atomic E-state index is 12.2. The smallest absolute Gasteiger partial charge is 0.336 e. The highest BCUT2D eigenvalue weighted by molar-refractivity contribution is 9.10. The van der Waals surface area contributed by atoms with Crippen molar-refractivity contribution in [2.75, 3.05) is 18.8 Å². The first-order chi connectivity index (χ1) is 9.81. The van der Waals surface area contributed by atoms with Crippen LogP contribution in [0.25, 0.3) is 0 Å². The average molecular weight is 376 g/mol. The first-order valence-corrected chi connectivity index (χ1v) is 8.79. The molecule has 0 aliphatic carbocycles. The van der Waals surface area contributed by atoms with Gasteiger partial charge in [0, 0.05) is 17.6 Å². The third-order valence-electron chi connectivity index (χ3n) is 3.30. The highest BCUT2D eigenvalue weighted by atomic mass is 79.9. The number of hydrogen-bond donors (Lipinski definition) is 1. The van der Waals surface area contributed by atoms with Crippen molar-refractivity contribution < 1.29 is 23.1 Å². The van der Waals surface area contributed by atoms with Crippen LogP contribution in [-0.2, 0) is 14.6 Å². The number of likely N-dealkylation sites (tertiary alicyclic amines) is 1. The van der Waals surface area contributed by atoms with Gasteiger partial charge in [-0.3, -0.25) is 4.79 Å². The molecule has 1 fully saturated rings. The summed E-state index contributed by atoms with van der Waals surface area (Å²) in [6.45, 7) is 1.16. The molecule has 1 saturated heterocycles. The van der Waals surface area contributed by atoms with E-state index in [0.29, 0.717) is 17.6 Å². The number of amides is 1. The van der Waals surface area contributed by atoms with E-state index in [9.17, 15) is 18.0 Å². The van der Waals surface area contributed by atoms with Crippen LogP contribution in [-0.4, -0.2) is 49.1 Å². The maximum Gasteiger partial charge on any atom is 0.336 e. The lowest BCUT2D eigenvalue weighted by molar-refractivity contribution is -0.127. The fourth-order valence-corrected chi connectivity index (χ4v) is 3.83. The van der Waals surface area contributed by atoms with Gasteiger partial charge in [-0.25, -0.2) is 13.2 Å². The number of nitrogens with zero attached hydrogens (tertiary/aromatic N) is 1. The summed E-state index contributed by atoms with van der Waals surface area (Å²) in [6, 6.07) is 3.72. The van der Waals surface area contributed by atoms with Crippen molar-refractivity contribution in [2.24, 2.45) is 0 Å². The molecule has 1 heterocycles. The minimum atomic E-state index is -3.85. The number of carboxylic acid groups (broad SMARTS) is 1. The standard InChI is InChI=1S/C13H14BrNO5S/c14-11-4-3-9(7-10(11)13(17)18)21(19,20)8-12(16)15-5-1-2-6-15/h3-4,7H,1-2,5-6,8H2,(H,17,18). The quantitative estimate of drug-likeness (QED) is 0.861. The number of hydrogen-bond acceptors (Lipinski definition) is 4. The van der Waals surface area contributed by atoms with Crippen LogP contribution >= 0.6 is 15.9 Å². The molecule has 1 aliphatic heterocycles. The number of halogens is 1. The van der Waals surface area contributed by atoms with Crippen LogP contribution in [0.4, 0.5) is 0 Å². The minimum absolute atomic E-state index is 0.148. The summed E-state index contributed by atoms with van der Waals surface area (Å²) in [7, 11) is -3.85. The van der Waals surface area contributed by atoms with Crippen molar-refractivity contribution in [1.82, 2.24) is 4.90 Å². The van der Waals surface area contributed by atoms with E-state index in [-0.39, 0.29) is 10.5 Å². The number of carbonyl (C=O) groups is 2. The van der Waals surface area contributed by atoms with Crippen molar-refractivity contribution in [1.29, 1.82) is 0 Å². The molecule has 1 N–H and O–H groups in total. The summed E-state index contributed by atoms with van der Waals surface area (Å²) in [5.41, 5.74) is -0.148. The second kappa shape index (κ2) is 6.15. The van der Waals surface area contributed by atoms with E-state index in [2.05, 4.69) is 15.9 Å². The van der Waals surface area contributed by atoms with Gasteiger partial charge in [0.05, 0.1) is 10.5 Å². The van der Waals surface area contributed by atoms with Crippen molar-refractivity contribution in [3.05, 3.63) is 28.2 Å². The first kappa shape index (κ1) is 16.0. The normalized spacial score (nSPS) is 15.2. The van der Waals surface area contributed by atoms with E-state index >= 15 is 0 Å². The number of rotatable bonds is 4. The van der Waals surface area contributed by atoms with Crippen LogP contribution in [0, 0.1) is 0 Å². The predicted octanol–water partition coefficient (Wildman–Crippen LogP) is 1.54. The van der Waals surface area contributed by atoms with Crippen LogP contribution in [0.15, 0.2) is 27.6 Å². The lowest BCUT2D eigenvalue weighted by Gasteiger charge is -2.15. The van der Waals surface area contributed by atoms with Gasteiger partial charge in [-0.2, -0.15) is 0 Å². The molecule has 6 nitrogen and oxygen atoms in total. The number of carbonyl (C=O) groups excluding carboxylic acids is 1. The summed E-state index contributed by atoms with van der Waals surface area (Å²) in [5, 5.41) is 9.01. The van der Waals surface area contributed by atoms with Gasteiger partial charge in [-0.15, -0.1) is 0 Å². The second-order valence-corrected chi connectivity index (χ2v) is 7.64. The van der Waals surface area contributed by atoms with E-state index in [1.807, 2.05) is 0 Å². The zero-order valence-corrected chi connectivity index (χ0v) is 13.5. The SMILES string of the molecule is O=C(O)c1cc(S(=O)(=O)CC(=O)N2CCCC2)ccc1Br. The summed E-state index contributed by atoms with van der Waals surface area (Å²) >= 11 is 3.05. The van der Waals surface area contributed by atoms with Gasteiger partial charge in [0.1, 0.15) is 5.75 Å². The number of carboxylic acids is 1. The van der Waals surface area contributed by atoms with Crippen LogP contribution in [0.3, 0.4) is 0 Å². The van der Waals surface area contributed by atoms with Crippen LogP contribution in [0.2, 0.25) is 0 Å². The van der Waals surface area contributed by atoms with Gasteiger partial charge in [0.25, 0.3) is 0 Å². The van der Waals surface area contributed by atoms with Crippen LogP contribution < -0.4 is 0 Å². The predicted molar refractivity (Wildman–Crippen MR) is 79.0 cm³/mol. The van der Waals surface area contributed by atoms with Crippen molar-refractivity contribution >= 4 is 37.6 Å².